The van der Waals surface area contributed by atoms with Gasteiger partial charge in [-0.15, -0.1) is 0 Å². The van der Waals surface area contributed by atoms with E-state index >= 15 is 0 Å². The van der Waals surface area contributed by atoms with Crippen molar-refractivity contribution >= 4 is 34.2 Å². The van der Waals surface area contributed by atoms with Crippen LogP contribution in [0.1, 0.15) is 27.7 Å². The Morgan fingerprint density at radius 2 is 1.85 bits per heavy atom. The molecule has 78 valence electrons. The minimum absolute atomic E-state index is 0.592. The topological polar surface area (TPSA) is 12.5 Å². The van der Waals surface area contributed by atoms with Crippen molar-refractivity contribution in [1.29, 1.82) is 0 Å². The molecule has 1 heterocycles. The van der Waals surface area contributed by atoms with Crippen molar-refractivity contribution in [3.63, 3.8) is 0 Å². The maximum absolute atomic E-state index is 5.93. The van der Waals surface area contributed by atoms with Crippen LogP contribution in [-0.4, -0.2) is 53.0 Å². The number of hydrogen-bond acceptors (Lipinski definition) is 2. The quantitative estimate of drug-likeness (QED) is 0.579. The summed E-state index contributed by atoms with van der Waals surface area (Å²) in [6.07, 6.45) is 0. The number of nitrogens with zero attached hydrogens (tertiary/aromatic N) is 1. The molecule has 0 bridgehead atoms. The van der Waals surface area contributed by atoms with Crippen LogP contribution in [0.5, 0.6) is 0 Å². The molecule has 1 rings (SSSR count). The van der Waals surface area contributed by atoms with Crippen molar-refractivity contribution < 1.29 is 4.52 Å². The van der Waals surface area contributed by atoms with Crippen LogP contribution in [0.4, 0.5) is 0 Å². The van der Waals surface area contributed by atoms with E-state index < -0.39 is 4.58 Å². The zero-order chi connectivity index (χ0) is 10.1. The van der Waals surface area contributed by atoms with Gasteiger partial charge in [-0.2, -0.15) is 0 Å². The van der Waals surface area contributed by atoms with E-state index in [1.165, 1.54) is 5.32 Å². The Labute approximate surface area is 94.9 Å². The van der Waals surface area contributed by atoms with Gasteiger partial charge in [-0.25, -0.2) is 0 Å². The molecule has 13 heavy (non-hydrogen) atoms. The van der Waals surface area contributed by atoms with Gasteiger partial charge in [0.2, 0.25) is 0 Å². The average molecular weight is 333 g/mol. The molecule has 2 nitrogen and oxygen atoms in total. The summed E-state index contributed by atoms with van der Waals surface area (Å²) in [7, 11) is 0. The van der Waals surface area contributed by atoms with E-state index in [4.69, 9.17) is 4.52 Å². The third kappa shape index (κ3) is 2.92. The summed E-state index contributed by atoms with van der Waals surface area (Å²) in [5, 5.41) is 1.28. The molecular formula is C8H18NOPSe2. The third-order valence-electron chi connectivity index (χ3n) is 1.93. The van der Waals surface area contributed by atoms with E-state index in [1.54, 1.807) is 0 Å². The summed E-state index contributed by atoms with van der Waals surface area (Å²) in [5.41, 5.74) is 0. The molecule has 0 aliphatic carbocycles. The molecule has 1 aliphatic rings. The van der Waals surface area contributed by atoms with Gasteiger partial charge in [-0.1, -0.05) is 0 Å². The van der Waals surface area contributed by atoms with Crippen molar-refractivity contribution in [1.82, 2.24) is 4.67 Å². The minimum atomic E-state index is -1.27. The molecule has 1 unspecified atom stereocenters. The first-order valence-corrected chi connectivity index (χ1v) is 12.0. The van der Waals surface area contributed by atoms with Crippen LogP contribution in [0, 0.1) is 0 Å². The van der Waals surface area contributed by atoms with Crippen LogP contribution in [0.3, 0.4) is 0 Å². The summed E-state index contributed by atoms with van der Waals surface area (Å²) in [6.45, 7) is 10.0. The molecule has 0 aromatic rings. The summed E-state index contributed by atoms with van der Waals surface area (Å²) in [4.78, 5) is 0. The Hall–Kier alpha value is 1.39. The zero-order valence-electron chi connectivity index (χ0n) is 8.69. The SMILES string of the molecule is CC(C)N(C(C)C)P1(=[Se])OCC[Se]1. The van der Waals surface area contributed by atoms with E-state index in [-0.39, 0.29) is 0 Å². The van der Waals surface area contributed by atoms with Crippen LogP contribution in [0.25, 0.3) is 0 Å². The Morgan fingerprint density at radius 1 is 1.31 bits per heavy atom. The Balaban J connectivity index is 2.80. The van der Waals surface area contributed by atoms with Crippen LogP contribution in [0.15, 0.2) is 0 Å². The van der Waals surface area contributed by atoms with Gasteiger partial charge in [0.25, 0.3) is 0 Å². The van der Waals surface area contributed by atoms with Crippen molar-refractivity contribution in [3.8, 4) is 0 Å². The molecule has 1 aliphatic heterocycles. The molecule has 0 aromatic carbocycles. The van der Waals surface area contributed by atoms with Crippen LogP contribution >= 0.6 is 4.58 Å². The molecule has 1 atom stereocenters. The Morgan fingerprint density at radius 3 is 2.15 bits per heavy atom. The summed E-state index contributed by atoms with van der Waals surface area (Å²) >= 11 is 4.03. The average Bonchev–Trinajstić information content (AvgIpc) is 2.33. The molecule has 0 spiro atoms. The van der Waals surface area contributed by atoms with E-state index in [2.05, 4.69) is 47.5 Å². The third-order valence-corrected chi connectivity index (χ3v) is 15.1. The van der Waals surface area contributed by atoms with Crippen LogP contribution in [-0.2, 0) is 4.52 Å². The van der Waals surface area contributed by atoms with Gasteiger partial charge in [0.15, 0.2) is 0 Å². The molecule has 0 radical (unpaired) electrons. The van der Waals surface area contributed by atoms with E-state index in [1.807, 2.05) is 0 Å². The summed E-state index contributed by atoms with van der Waals surface area (Å²) in [6, 6.07) is 1.18. The van der Waals surface area contributed by atoms with Crippen molar-refractivity contribution in [2.75, 3.05) is 6.61 Å². The van der Waals surface area contributed by atoms with Gasteiger partial charge in [0.1, 0.15) is 0 Å². The second-order valence-corrected chi connectivity index (χ2v) is 17.8. The second-order valence-electron chi connectivity index (χ2n) is 3.70. The maximum atomic E-state index is 5.93. The molecular weight excluding hydrogens is 315 g/mol. The molecule has 0 N–H and O–H groups in total. The zero-order valence-corrected chi connectivity index (χ0v) is 13.0. The van der Waals surface area contributed by atoms with E-state index in [0.29, 0.717) is 26.6 Å². The van der Waals surface area contributed by atoms with E-state index in [9.17, 15) is 0 Å². The summed E-state index contributed by atoms with van der Waals surface area (Å²) in [5.74, 6) is 0. The van der Waals surface area contributed by atoms with Crippen LogP contribution < -0.4 is 0 Å². The Bertz CT molecular complexity index is 202. The normalized spacial score (nSPS) is 29.5. The fraction of sp³-hybridized carbons (Fsp3) is 1.00. The first-order chi connectivity index (χ1) is 5.97. The molecule has 1 saturated heterocycles. The summed E-state index contributed by atoms with van der Waals surface area (Å²) < 4.78 is 7.22. The Kier molecular flexibility index (Phi) is 4.74. The van der Waals surface area contributed by atoms with Gasteiger partial charge < -0.3 is 0 Å². The first kappa shape index (κ1) is 12.5. The molecule has 0 aromatic heterocycles. The molecule has 0 amide bonds. The van der Waals surface area contributed by atoms with Gasteiger partial charge in [0, 0.05) is 0 Å². The van der Waals surface area contributed by atoms with Crippen molar-refractivity contribution in [2.24, 2.45) is 0 Å². The van der Waals surface area contributed by atoms with Gasteiger partial charge >= 0.3 is 95.1 Å². The molecule has 5 heteroatoms. The van der Waals surface area contributed by atoms with Crippen molar-refractivity contribution in [3.05, 3.63) is 0 Å². The standard InChI is InChI=1S/C8H18NOPSe2/c1-7(2)9(8(3)4)11(12)10-5-6-13-11/h7-8H,5-6H2,1-4H3. The van der Waals surface area contributed by atoms with Gasteiger partial charge in [-0.05, 0) is 0 Å². The number of rotatable bonds is 3. The first-order valence-electron chi connectivity index (χ1n) is 4.65. The second kappa shape index (κ2) is 4.94. The molecule has 0 saturated carbocycles. The predicted molar refractivity (Wildman–Crippen MR) is 61.3 cm³/mol. The molecule has 1 fully saturated rings. The fourth-order valence-electron chi connectivity index (χ4n) is 1.64. The van der Waals surface area contributed by atoms with Crippen molar-refractivity contribution in [2.45, 2.75) is 45.1 Å². The van der Waals surface area contributed by atoms with Gasteiger partial charge in [-0.3, -0.25) is 0 Å². The van der Waals surface area contributed by atoms with E-state index in [0.717, 1.165) is 6.61 Å². The number of hydrogen-bond donors (Lipinski definition) is 0. The van der Waals surface area contributed by atoms with Crippen LogP contribution in [0.2, 0.25) is 5.32 Å². The fourth-order valence-corrected chi connectivity index (χ4v) is 15.5. The monoisotopic (exact) mass is 335 g/mol. The van der Waals surface area contributed by atoms with Gasteiger partial charge in [0.05, 0.1) is 0 Å². The predicted octanol–water partition coefficient (Wildman–Crippen LogP) is 2.10.